The fraction of sp³-hybridized carbons (Fsp3) is 0.632. The van der Waals surface area contributed by atoms with E-state index in [0.717, 1.165) is 26.2 Å². The van der Waals surface area contributed by atoms with Crippen molar-refractivity contribution in [2.24, 2.45) is 5.73 Å². The van der Waals surface area contributed by atoms with Crippen molar-refractivity contribution in [3.05, 3.63) is 23.8 Å². The molecule has 1 aromatic rings. The highest BCUT2D eigenvalue weighted by molar-refractivity contribution is 5.95. The first-order valence-corrected chi connectivity index (χ1v) is 9.44. The van der Waals surface area contributed by atoms with Crippen molar-refractivity contribution >= 4 is 5.91 Å². The van der Waals surface area contributed by atoms with Crippen molar-refractivity contribution in [1.82, 2.24) is 15.1 Å². The number of nitrogens with zero attached hydrogens (tertiary/aromatic N) is 2. The number of likely N-dealkylation sites (N-methyl/N-ethyl adjacent to an activating group) is 1. The molecule has 3 N–H and O–H groups in total. The SMILES string of the molecule is COc1ccc(C(=O)N[C@H]2COC[C@@H]2N2CCN(C)CC2)cc1OCCN. The van der Waals surface area contributed by atoms with Gasteiger partial charge in [-0.3, -0.25) is 9.69 Å². The van der Waals surface area contributed by atoms with Crippen molar-refractivity contribution in [3.63, 3.8) is 0 Å². The van der Waals surface area contributed by atoms with E-state index in [0.29, 0.717) is 43.4 Å². The average Bonchev–Trinajstić information content (AvgIpc) is 3.14. The summed E-state index contributed by atoms with van der Waals surface area (Å²) in [7, 11) is 3.71. The van der Waals surface area contributed by atoms with Gasteiger partial charge in [0.1, 0.15) is 6.61 Å². The first kappa shape index (κ1) is 19.9. The van der Waals surface area contributed by atoms with E-state index in [4.69, 9.17) is 19.9 Å². The third-order valence-corrected chi connectivity index (χ3v) is 5.18. The molecule has 2 atom stereocenters. The van der Waals surface area contributed by atoms with Crippen LogP contribution in [0, 0.1) is 0 Å². The standard InChI is InChI=1S/C19H30N4O4/c1-22-6-8-23(9-7-22)16-13-26-12-15(16)21-19(24)14-3-4-17(25-2)18(11-14)27-10-5-20/h3-4,11,15-16H,5-10,12-13,20H2,1-2H3,(H,21,24)/t15-,16-/m0/s1. The van der Waals surface area contributed by atoms with Crippen LogP contribution in [0.3, 0.4) is 0 Å². The molecule has 0 aromatic heterocycles. The van der Waals surface area contributed by atoms with Gasteiger partial charge in [0.05, 0.1) is 32.4 Å². The number of nitrogens with two attached hydrogens (primary N) is 1. The molecule has 2 heterocycles. The van der Waals surface area contributed by atoms with Crippen molar-refractivity contribution in [1.29, 1.82) is 0 Å². The molecule has 0 bridgehead atoms. The Morgan fingerprint density at radius 3 is 2.74 bits per heavy atom. The van der Waals surface area contributed by atoms with E-state index in [1.807, 2.05) is 0 Å². The number of methoxy groups -OCH3 is 1. The highest BCUT2D eigenvalue weighted by Gasteiger charge is 2.35. The number of rotatable bonds is 7. The van der Waals surface area contributed by atoms with E-state index < -0.39 is 0 Å². The maximum Gasteiger partial charge on any atom is 0.251 e. The van der Waals surface area contributed by atoms with Crippen LogP contribution in [-0.2, 0) is 4.74 Å². The summed E-state index contributed by atoms with van der Waals surface area (Å²) < 4.78 is 16.6. The zero-order valence-corrected chi connectivity index (χ0v) is 16.1. The van der Waals surface area contributed by atoms with Gasteiger partial charge in [-0.05, 0) is 25.2 Å². The summed E-state index contributed by atoms with van der Waals surface area (Å²) in [4.78, 5) is 17.5. The zero-order chi connectivity index (χ0) is 19.2. The van der Waals surface area contributed by atoms with Crippen LogP contribution in [0.15, 0.2) is 18.2 Å². The van der Waals surface area contributed by atoms with E-state index in [2.05, 4.69) is 22.2 Å². The van der Waals surface area contributed by atoms with Gasteiger partial charge in [-0.15, -0.1) is 0 Å². The molecule has 8 nitrogen and oxygen atoms in total. The topological polar surface area (TPSA) is 89.3 Å². The maximum atomic E-state index is 12.8. The maximum absolute atomic E-state index is 12.8. The number of amides is 1. The summed E-state index contributed by atoms with van der Waals surface area (Å²) in [5, 5.41) is 3.13. The van der Waals surface area contributed by atoms with Crippen molar-refractivity contribution in [2.45, 2.75) is 12.1 Å². The Bertz CT molecular complexity index is 634. The molecule has 27 heavy (non-hydrogen) atoms. The Kier molecular flexibility index (Phi) is 6.89. The van der Waals surface area contributed by atoms with Crippen molar-refractivity contribution in [2.75, 3.05) is 66.7 Å². The number of piperazine rings is 1. The number of benzene rings is 1. The molecule has 2 fully saturated rings. The third kappa shape index (κ3) is 4.90. The van der Waals surface area contributed by atoms with E-state index in [9.17, 15) is 4.79 Å². The molecule has 3 rings (SSSR count). The predicted octanol–water partition coefficient (Wildman–Crippen LogP) is -0.223. The molecule has 1 amide bonds. The highest BCUT2D eigenvalue weighted by Crippen LogP contribution is 2.28. The van der Waals surface area contributed by atoms with Crippen LogP contribution >= 0.6 is 0 Å². The van der Waals surface area contributed by atoms with Crippen LogP contribution in [0.25, 0.3) is 0 Å². The second kappa shape index (κ2) is 9.36. The monoisotopic (exact) mass is 378 g/mol. The Balaban J connectivity index is 1.65. The molecule has 0 aliphatic carbocycles. The number of carbonyl (C=O) groups is 1. The Labute approximate surface area is 160 Å². The van der Waals surface area contributed by atoms with E-state index >= 15 is 0 Å². The smallest absolute Gasteiger partial charge is 0.251 e. The minimum absolute atomic E-state index is 0.0172. The summed E-state index contributed by atoms with van der Waals surface area (Å²) in [5.74, 6) is 0.971. The van der Waals surface area contributed by atoms with Gasteiger partial charge in [0.2, 0.25) is 0 Å². The van der Waals surface area contributed by atoms with Crippen LogP contribution in [-0.4, -0.2) is 94.5 Å². The average molecular weight is 378 g/mol. The molecule has 2 aliphatic rings. The molecular formula is C19H30N4O4. The van der Waals surface area contributed by atoms with Crippen LogP contribution in [0.4, 0.5) is 0 Å². The van der Waals surface area contributed by atoms with Gasteiger partial charge in [0, 0.05) is 38.3 Å². The predicted molar refractivity (Wildman–Crippen MR) is 102 cm³/mol. The summed E-state index contributed by atoms with van der Waals surface area (Å²) in [6.07, 6.45) is 0. The summed E-state index contributed by atoms with van der Waals surface area (Å²) in [5.41, 5.74) is 6.04. The van der Waals surface area contributed by atoms with Crippen molar-refractivity contribution < 1.29 is 19.0 Å². The highest BCUT2D eigenvalue weighted by atomic mass is 16.5. The fourth-order valence-corrected chi connectivity index (χ4v) is 3.55. The van der Waals surface area contributed by atoms with Crippen molar-refractivity contribution in [3.8, 4) is 11.5 Å². The minimum Gasteiger partial charge on any atom is -0.493 e. The number of nitrogens with one attached hydrogen (secondary N) is 1. The molecular weight excluding hydrogens is 348 g/mol. The lowest BCUT2D eigenvalue weighted by atomic mass is 10.1. The second-order valence-electron chi connectivity index (χ2n) is 7.03. The minimum atomic E-state index is -0.134. The largest absolute Gasteiger partial charge is 0.493 e. The molecule has 2 aliphatic heterocycles. The molecule has 2 saturated heterocycles. The Morgan fingerprint density at radius 2 is 2.04 bits per heavy atom. The lowest BCUT2D eigenvalue weighted by Crippen LogP contribution is -2.56. The fourth-order valence-electron chi connectivity index (χ4n) is 3.55. The molecule has 0 spiro atoms. The Hall–Kier alpha value is -1.87. The van der Waals surface area contributed by atoms with Gasteiger partial charge in [-0.1, -0.05) is 0 Å². The molecule has 8 heteroatoms. The zero-order valence-electron chi connectivity index (χ0n) is 16.1. The van der Waals surface area contributed by atoms with Crippen LogP contribution in [0.2, 0.25) is 0 Å². The van der Waals surface area contributed by atoms with Gasteiger partial charge < -0.3 is 30.2 Å². The normalized spacial score (nSPS) is 24.0. The number of hydrogen-bond donors (Lipinski definition) is 2. The summed E-state index contributed by atoms with van der Waals surface area (Å²) >= 11 is 0. The van der Waals surface area contributed by atoms with Gasteiger partial charge in [-0.25, -0.2) is 0 Å². The molecule has 1 aromatic carbocycles. The lowest BCUT2D eigenvalue weighted by Gasteiger charge is -2.38. The van der Waals surface area contributed by atoms with Gasteiger partial charge in [0.15, 0.2) is 11.5 Å². The van der Waals surface area contributed by atoms with Gasteiger partial charge in [-0.2, -0.15) is 0 Å². The molecule has 0 radical (unpaired) electrons. The van der Waals surface area contributed by atoms with Gasteiger partial charge >= 0.3 is 0 Å². The Morgan fingerprint density at radius 1 is 1.26 bits per heavy atom. The summed E-state index contributed by atoms with van der Waals surface area (Å²) in [6, 6.07) is 5.38. The van der Waals surface area contributed by atoms with E-state index in [1.165, 1.54) is 0 Å². The number of ether oxygens (including phenoxy) is 3. The third-order valence-electron chi connectivity index (χ3n) is 5.18. The first-order chi connectivity index (χ1) is 13.1. The van der Waals surface area contributed by atoms with E-state index in [1.54, 1.807) is 25.3 Å². The lowest BCUT2D eigenvalue weighted by molar-refractivity contribution is 0.0828. The first-order valence-electron chi connectivity index (χ1n) is 9.44. The quantitative estimate of drug-likeness (QED) is 0.678. The summed E-state index contributed by atoms with van der Waals surface area (Å²) in [6.45, 7) is 6.02. The molecule has 150 valence electrons. The molecule has 0 unspecified atom stereocenters. The number of carbonyl (C=O) groups excluding carboxylic acids is 1. The number of hydrogen-bond acceptors (Lipinski definition) is 7. The van der Waals surface area contributed by atoms with E-state index in [-0.39, 0.29) is 18.0 Å². The van der Waals surface area contributed by atoms with Crippen LogP contribution in [0.5, 0.6) is 11.5 Å². The second-order valence-corrected chi connectivity index (χ2v) is 7.03. The van der Waals surface area contributed by atoms with Crippen LogP contribution in [0.1, 0.15) is 10.4 Å². The van der Waals surface area contributed by atoms with Crippen LogP contribution < -0.4 is 20.5 Å². The van der Waals surface area contributed by atoms with Gasteiger partial charge in [0.25, 0.3) is 5.91 Å². The molecule has 0 saturated carbocycles.